The molecule has 0 amide bonds. The molecule has 0 unspecified atom stereocenters. The van der Waals surface area contributed by atoms with E-state index in [0.29, 0.717) is 12.5 Å². The van der Waals surface area contributed by atoms with E-state index in [1.807, 2.05) is 27.7 Å². The minimum absolute atomic E-state index is 0.0484. The third kappa shape index (κ3) is 3.32. The van der Waals surface area contributed by atoms with E-state index in [0.717, 1.165) is 12.8 Å². The average molecular weight is 273 g/mol. The van der Waals surface area contributed by atoms with Gasteiger partial charge >= 0.3 is 0 Å². The summed E-state index contributed by atoms with van der Waals surface area (Å²) in [6.45, 7) is 8.64. The molecule has 0 bridgehead atoms. The number of aromatic amines is 1. The Morgan fingerprint density at radius 2 is 1.94 bits per heavy atom. The molecular weight excluding hydrogens is 250 g/mol. The Bertz CT molecular complexity index is 436. The maximum atomic E-state index is 12.6. The molecule has 0 radical (unpaired) electrons. The number of nitrogens with zero attached hydrogens (tertiary/aromatic N) is 2. The van der Waals surface area contributed by atoms with Crippen LogP contribution in [0.4, 0.5) is 0 Å². The van der Waals surface area contributed by atoms with Crippen LogP contribution in [0.1, 0.15) is 40.5 Å². The van der Waals surface area contributed by atoms with Crippen molar-refractivity contribution >= 4 is 10.0 Å². The Hall–Kier alpha value is -0.880. The second-order valence-corrected chi connectivity index (χ2v) is 6.76. The van der Waals surface area contributed by atoms with Crippen molar-refractivity contribution in [1.82, 2.24) is 14.5 Å². The van der Waals surface area contributed by atoms with Gasteiger partial charge in [0.25, 0.3) is 0 Å². The lowest BCUT2D eigenvalue weighted by atomic mass is 10.1. The predicted molar refractivity (Wildman–Crippen MR) is 71.7 cm³/mol. The Morgan fingerprint density at radius 3 is 2.33 bits per heavy atom. The van der Waals surface area contributed by atoms with Gasteiger partial charge in [-0.2, -0.15) is 9.40 Å². The van der Waals surface area contributed by atoms with Gasteiger partial charge in [-0.15, -0.1) is 0 Å². The van der Waals surface area contributed by atoms with Crippen LogP contribution in [-0.2, 0) is 10.0 Å². The van der Waals surface area contributed by atoms with Gasteiger partial charge in [-0.05, 0) is 18.8 Å². The molecule has 6 heteroatoms. The van der Waals surface area contributed by atoms with Crippen molar-refractivity contribution in [3.05, 3.63) is 12.4 Å². The topological polar surface area (TPSA) is 66.1 Å². The van der Waals surface area contributed by atoms with Crippen LogP contribution in [0.25, 0.3) is 0 Å². The van der Waals surface area contributed by atoms with Crippen LogP contribution in [-0.4, -0.2) is 35.5 Å². The highest BCUT2D eigenvalue weighted by Gasteiger charge is 2.30. The number of H-pyrrole nitrogens is 1. The van der Waals surface area contributed by atoms with Crippen LogP contribution in [0.2, 0.25) is 0 Å². The molecule has 0 saturated heterocycles. The molecule has 5 nitrogen and oxygen atoms in total. The molecular formula is C12H23N3O2S. The molecule has 0 spiro atoms. The van der Waals surface area contributed by atoms with Crippen molar-refractivity contribution in [2.75, 3.05) is 6.54 Å². The van der Waals surface area contributed by atoms with Crippen LogP contribution in [0.15, 0.2) is 17.3 Å². The second kappa shape index (κ2) is 6.33. The molecule has 104 valence electrons. The van der Waals surface area contributed by atoms with E-state index in [1.165, 1.54) is 12.4 Å². The first kappa shape index (κ1) is 15.2. The summed E-state index contributed by atoms with van der Waals surface area (Å²) in [4.78, 5) is 0.245. The summed E-state index contributed by atoms with van der Waals surface area (Å²) in [6.07, 6.45) is 4.44. The van der Waals surface area contributed by atoms with Gasteiger partial charge in [0.15, 0.2) is 0 Å². The lowest BCUT2D eigenvalue weighted by Gasteiger charge is -2.30. The van der Waals surface area contributed by atoms with E-state index in [4.69, 9.17) is 0 Å². The van der Waals surface area contributed by atoms with Crippen molar-refractivity contribution in [1.29, 1.82) is 0 Å². The van der Waals surface area contributed by atoms with Gasteiger partial charge in [0.2, 0.25) is 10.0 Å². The van der Waals surface area contributed by atoms with Crippen molar-refractivity contribution in [2.45, 2.75) is 51.5 Å². The fraction of sp³-hybridized carbons (Fsp3) is 0.750. The zero-order valence-electron chi connectivity index (χ0n) is 11.5. The van der Waals surface area contributed by atoms with Gasteiger partial charge in [-0.25, -0.2) is 8.42 Å². The molecule has 0 aliphatic heterocycles. The summed E-state index contributed by atoms with van der Waals surface area (Å²) in [6, 6.07) is 0.0484. The number of hydrogen-bond donors (Lipinski definition) is 1. The maximum Gasteiger partial charge on any atom is 0.246 e. The standard InChI is InChI=1S/C12H23N3O2S/c1-5-11(6-2)15(9-10(3)4)18(16,17)12-7-13-14-8-12/h7-8,10-11H,5-6,9H2,1-4H3,(H,13,14). The van der Waals surface area contributed by atoms with E-state index in [2.05, 4.69) is 10.2 Å². The SMILES string of the molecule is CCC(CC)N(CC(C)C)S(=O)(=O)c1cn[nH]c1. The number of nitrogens with one attached hydrogen (secondary N) is 1. The van der Waals surface area contributed by atoms with Crippen molar-refractivity contribution in [2.24, 2.45) is 5.92 Å². The summed E-state index contributed by atoms with van der Waals surface area (Å²) in [5.41, 5.74) is 0. The number of aromatic nitrogens is 2. The Kier molecular flexibility index (Phi) is 5.34. The van der Waals surface area contributed by atoms with Crippen molar-refractivity contribution < 1.29 is 8.42 Å². The molecule has 1 aromatic rings. The van der Waals surface area contributed by atoms with Gasteiger partial charge in [0.1, 0.15) is 4.90 Å². The largest absolute Gasteiger partial charge is 0.284 e. The summed E-state index contributed by atoms with van der Waals surface area (Å²) in [5.74, 6) is 0.298. The number of hydrogen-bond acceptors (Lipinski definition) is 3. The van der Waals surface area contributed by atoms with E-state index >= 15 is 0 Å². The Balaban J connectivity index is 3.10. The van der Waals surface area contributed by atoms with E-state index in [-0.39, 0.29) is 10.9 Å². The van der Waals surface area contributed by atoms with Gasteiger partial charge in [-0.3, -0.25) is 5.10 Å². The predicted octanol–water partition coefficient (Wildman–Crippen LogP) is 2.25. The molecule has 18 heavy (non-hydrogen) atoms. The molecule has 0 aliphatic rings. The van der Waals surface area contributed by atoms with Crippen molar-refractivity contribution in [3.8, 4) is 0 Å². The molecule has 0 saturated carbocycles. The van der Waals surface area contributed by atoms with E-state index in [9.17, 15) is 8.42 Å². The highest BCUT2D eigenvalue weighted by Crippen LogP contribution is 2.21. The fourth-order valence-corrected chi connectivity index (χ4v) is 3.86. The molecule has 0 fully saturated rings. The maximum absolute atomic E-state index is 12.6. The smallest absolute Gasteiger partial charge is 0.246 e. The van der Waals surface area contributed by atoms with Gasteiger partial charge < -0.3 is 0 Å². The highest BCUT2D eigenvalue weighted by molar-refractivity contribution is 7.89. The molecule has 0 aliphatic carbocycles. The first-order valence-corrected chi connectivity index (χ1v) is 7.88. The lowest BCUT2D eigenvalue weighted by molar-refractivity contribution is 0.277. The Morgan fingerprint density at radius 1 is 1.33 bits per heavy atom. The zero-order chi connectivity index (χ0) is 13.8. The van der Waals surface area contributed by atoms with Gasteiger partial charge in [-0.1, -0.05) is 27.7 Å². The molecule has 0 atom stereocenters. The zero-order valence-corrected chi connectivity index (χ0v) is 12.4. The summed E-state index contributed by atoms with van der Waals surface area (Å²) in [7, 11) is -3.44. The number of sulfonamides is 1. The molecule has 1 aromatic heterocycles. The monoisotopic (exact) mass is 273 g/mol. The average Bonchev–Trinajstić information content (AvgIpc) is 2.82. The van der Waals surface area contributed by atoms with Crippen LogP contribution >= 0.6 is 0 Å². The number of rotatable bonds is 7. The second-order valence-electron chi connectivity index (χ2n) is 4.87. The van der Waals surface area contributed by atoms with E-state index < -0.39 is 10.0 Å². The van der Waals surface area contributed by atoms with Crippen LogP contribution in [0.3, 0.4) is 0 Å². The van der Waals surface area contributed by atoms with Crippen LogP contribution in [0, 0.1) is 5.92 Å². The normalized spacial score (nSPS) is 12.8. The first-order valence-electron chi connectivity index (χ1n) is 6.44. The molecule has 1 heterocycles. The van der Waals surface area contributed by atoms with E-state index in [1.54, 1.807) is 4.31 Å². The summed E-state index contributed by atoms with van der Waals surface area (Å²) < 4.78 is 26.7. The summed E-state index contributed by atoms with van der Waals surface area (Å²) in [5, 5.41) is 6.29. The Labute approximate surface area is 110 Å². The minimum Gasteiger partial charge on any atom is -0.284 e. The van der Waals surface area contributed by atoms with Crippen molar-refractivity contribution in [3.63, 3.8) is 0 Å². The highest BCUT2D eigenvalue weighted by atomic mass is 32.2. The third-order valence-electron chi connectivity index (χ3n) is 2.97. The first-order chi connectivity index (χ1) is 8.43. The molecule has 1 rings (SSSR count). The summed E-state index contributed by atoms with van der Waals surface area (Å²) >= 11 is 0. The van der Waals surface area contributed by atoms with Gasteiger partial charge in [0, 0.05) is 18.8 Å². The van der Waals surface area contributed by atoms with Gasteiger partial charge in [0.05, 0.1) is 6.20 Å². The van der Waals surface area contributed by atoms with Crippen LogP contribution in [0.5, 0.6) is 0 Å². The minimum atomic E-state index is -3.44. The van der Waals surface area contributed by atoms with Crippen LogP contribution < -0.4 is 0 Å². The fourth-order valence-electron chi connectivity index (χ4n) is 2.01. The lowest BCUT2D eigenvalue weighted by Crippen LogP contribution is -2.41. The molecule has 0 aromatic carbocycles. The molecule has 1 N–H and O–H groups in total. The third-order valence-corrected chi connectivity index (χ3v) is 4.86. The quantitative estimate of drug-likeness (QED) is 0.828.